The molecule has 0 spiro atoms. The average molecular weight is 234 g/mol. The Morgan fingerprint density at radius 1 is 1.38 bits per heavy atom. The third-order valence-corrected chi connectivity index (χ3v) is 3.51. The van der Waals surface area contributed by atoms with Gasteiger partial charge in [-0.15, -0.1) is 11.3 Å². The standard InChI is InChI=1S/C12H14N2OS/c1-7(2)10(8(3)15)11-9-4-5-16-12(9)14-6-13-11/h4-7,10H,1-3H3. The lowest BCUT2D eigenvalue weighted by Crippen LogP contribution is -2.17. The summed E-state index contributed by atoms with van der Waals surface area (Å²) in [5.41, 5.74) is 0.869. The lowest BCUT2D eigenvalue weighted by molar-refractivity contribution is -0.119. The number of hydrogen-bond donors (Lipinski definition) is 0. The Morgan fingerprint density at radius 3 is 2.75 bits per heavy atom. The molecule has 0 fully saturated rings. The summed E-state index contributed by atoms with van der Waals surface area (Å²) in [6.45, 7) is 5.73. The van der Waals surface area contributed by atoms with Crippen LogP contribution in [0.1, 0.15) is 32.4 Å². The van der Waals surface area contributed by atoms with Crippen LogP contribution in [0.4, 0.5) is 0 Å². The first-order valence-electron chi connectivity index (χ1n) is 5.29. The Hall–Kier alpha value is -1.29. The van der Waals surface area contributed by atoms with Crippen molar-refractivity contribution in [1.29, 1.82) is 0 Å². The number of Topliss-reactive ketones (excluding diaryl/α,β-unsaturated/α-hetero) is 1. The molecular weight excluding hydrogens is 220 g/mol. The molecule has 84 valence electrons. The van der Waals surface area contributed by atoms with Crippen LogP contribution in [0.15, 0.2) is 17.8 Å². The number of carbonyl (C=O) groups is 1. The number of hydrogen-bond acceptors (Lipinski definition) is 4. The van der Waals surface area contributed by atoms with E-state index >= 15 is 0 Å². The molecule has 0 radical (unpaired) electrons. The third kappa shape index (κ3) is 1.85. The first kappa shape index (κ1) is 11.2. The summed E-state index contributed by atoms with van der Waals surface area (Å²) in [6.07, 6.45) is 1.55. The van der Waals surface area contributed by atoms with Crippen LogP contribution >= 0.6 is 11.3 Å². The van der Waals surface area contributed by atoms with Gasteiger partial charge in [-0.3, -0.25) is 4.79 Å². The largest absolute Gasteiger partial charge is 0.299 e. The van der Waals surface area contributed by atoms with E-state index in [0.717, 1.165) is 15.9 Å². The van der Waals surface area contributed by atoms with E-state index < -0.39 is 0 Å². The summed E-state index contributed by atoms with van der Waals surface area (Å²) in [5, 5.41) is 3.00. The van der Waals surface area contributed by atoms with E-state index in [0.29, 0.717) is 0 Å². The lowest BCUT2D eigenvalue weighted by Gasteiger charge is -2.17. The van der Waals surface area contributed by atoms with Gasteiger partial charge in [-0.1, -0.05) is 13.8 Å². The molecule has 0 aliphatic rings. The van der Waals surface area contributed by atoms with E-state index in [9.17, 15) is 4.79 Å². The molecule has 0 N–H and O–H groups in total. The van der Waals surface area contributed by atoms with Crippen LogP contribution in [0.3, 0.4) is 0 Å². The van der Waals surface area contributed by atoms with Gasteiger partial charge in [-0.05, 0) is 24.3 Å². The zero-order valence-corrected chi connectivity index (χ0v) is 10.4. The Balaban J connectivity index is 2.60. The number of aromatic nitrogens is 2. The fraction of sp³-hybridized carbons (Fsp3) is 0.417. The lowest BCUT2D eigenvalue weighted by atomic mass is 9.88. The van der Waals surface area contributed by atoms with Crippen molar-refractivity contribution in [2.24, 2.45) is 5.92 Å². The van der Waals surface area contributed by atoms with Crippen LogP contribution in [0, 0.1) is 5.92 Å². The number of nitrogens with zero attached hydrogens (tertiary/aromatic N) is 2. The second-order valence-electron chi connectivity index (χ2n) is 4.23. The second kappa shape index (κ2) is 4.29. The Morgan fingerprint density at radius 2 is 2.12 bits per heavy atom. The third-order valence-electron chi connectivity index (χ3n) is 2.69. The van der Waals surface area contributed by atoms with Gasteiger partial charge >= 0.3 is 0 Å². The van der Waals surface area contributed by atoms with Crippen molar-refractivity contribution >= 4 is 27.3 Å². The molecule has 2 heterocycles. The zero-order chi connectivity index (χ0) is 11.7. The Bertz CT molecular complexity index is 518. The van der Waals surface area contributed by atoms with Crippen LogP contribution < -0.4 is 0 Å². The monoisotopic (exact) mass is 234 g/mol. The van der Waals surface area contributed by atoms with E-state index in [4.69, 9.17) is 0 Å². The van der Waals surface area contributed by atoms with Crippen LogP contribution in [0.25, 0.3) is 10.2 Å². The molecule has 2 rings (SSSR count). The molecule has 0 amide bonds. The van der Waals surface area contributed by atoms with Gasteiger partial charge in [0, 0.05) is 5.39 Å². The minimum atomic E-state index is -0.125. The van der Waals surface area contributed by atoms with E-state index in [1.165, 1.54) is 0 Å². The SMILES string of the molecule is CC(=O)C(c1ncnc2sccc12)C(C)C. The summed E-state index contributed by atoms with van der Waals surface area (Å²) >= 11 is 1.58. The molecule has 0 saturated heterocycles. The maximum Gasteiger partial charge on any atom is 0.139 e. The fourth-order valence-electron chi connectivity index (χ4n) is 2.03. The van der Waals surface area contributed by atoms with Gasteiger partial charge in [0.2, 0.25) is 0 Å². The van der Waals surface area contributed by atoms with Gasteiger partial charge in [0.25, 0.3) is 0 Å². The molecule has 16 heavy (non-hydrogen) atoms. The highest BCUT2D eigenvalue weighted by molar-refractivity contribution is 7.16. The number of rotatable bonds is 3. The summed E-state index contributed by atoms with van der Waals surface area (Å²) in [6, 6.07) is 1.99. The number of thiophene rings is 1. The number of fused-ring (bicyclic) bond motifs is 1. The topological polar surface area (TPSA) is 42.9 Å². The van der Waals surface area contributed by atoms with Gasteiger partial charge in [0.1, 0.15) is 16.9 Å². The summed E-state index contributed by atoms with van der Waals surface area (Å²) in [7, 11) is 0. The van der Waals surface area contributed by atoms with Crippen molar-refractivity contribution in [2.75, 3.05) is 0 Å². The maximum atomic E-state index is 11.7. The summed E-state index contributed by atoms with van der Waals surface area (Å²) < 4.78 is 0. The quantitative estimate of drug-likeness (QED) is 0.819. The first-order valence-corrected chi connectivity index (χ1v) is 6.17. The van der Waals surface area contributed by atoms with Crippen LogP contribution in [0.5, 0.6) is 0 Å². The molecule has 2 aromatic rings. The van der Waals surface area contributed by atoms with Gasteiger partial charge in [0.15, 0.2) is 0 Å². The molecule has 1 unspecified atom stereocenters. The molecule has 3 nitrogen and oxygen atoms in total. The van der Waals surface area contributed by atoms with Crippen molar-refractivity contribution < 1.29 is 4.79 Å². The average Bonchev–Trinajstić information content (AvgIpc) is 2.65. The maximum absolute atomic E-state index is 11.7. The van der Waals surface area contributed by atoms with Gasteiger partial charge < -0.3 is 0 Å². The summed E-state index contributed by atoms with van der Waals surface area (Å²) in [5.74, 6) is 0.303. The van der Waals surface area contributed by atoms with Crippen LogP contribution in [0.2, 0.25) is 0 Å². The van der Waals surface area contributed by atoms with Crippen molar-refractivity contribution in [1.82, 2.24) is 9.97 Å². The van der Waals surface area contributed by atoms with Gasteiger partial charge in [-0.25, -0.2) is 9.97 Å². The van der Waals surface area contributed by atoms with E-state index in [1.54, 1.807) is 24.6 Å². The van der Waals surface area contributed by atoms with Crippen LogP contribution in [-0.4, -0.2) is 15.8 Å². The zero-order valence-electron chi connectivity index (χ0n) is 9.60. The molecule has 4 heteroatoms. The smallest absolute Gasteiger partial charge is 0.139 e. The Kier molecular flexibility index (Phi) is 3.01. The molecule has 0 aliphatic carbocycles. The molecule has 0 saturated carbocycles. The molecular formula is C12H14N2OS. The minimum absolute atomic E-state index is 0.125. The highest BCUT2D eigenvalue weighted by Gasteiger charge is 2.24. The predicted molar refractivity (Wildman–Crippen MR) is 65.7 cm³/mol. The Labute approximate surface area is 98.5 Å². The molecule has 0 aromatic carbocycles. The van der Waals surface area contributed by atoms with Gasteiger partial charge in [0.05, 0.1) is 11.6 Å². The number of carbonyl (C=O) groups excluding carboxylic acids is 1. The highest BCUT2D eigenvalue weighted by atomic mass is 32.1. The normalized spacial score (nSPS) is 13.2. The predicted octanol–water partition coefficient (Wildman–Crippen LogP) is 3.02. The van der Waals surface area contributed by atoms with E-state index in [2.05, 4.69) is 9.97 Å². The van der Waals surface area contributed by atoms with Crippen molar-refractivity contribution in [2.45, 2.75) is 26.7 Å². The van der Waals surface area contributed by atoms with Gasteiger partial charge in [-0.2, -0.15) is 0 Å². The van der Waals surface area contributed by atoms with Crippen molar-refractivity contribution in [3.63, 3.8) is 0 Å². The minimum Gasteiger partial charge on any atom is -0.299 e. The fourth-order valence-corrected chi connectivity index (χ4v) is 2.78. The summed E-state index contributed by atoms with van der Waals surface area (Å²) in [4.78, 5) is 21.1. The molecule has 0 bridgehead atoms. The molecule has 2 aromatic heterocycles. The number of ketones is 1. The second-order valence-corrected chi connectivity index (χ2v) is 5.13. The first-order chi connectivity index (χ1) is 7.61. The molecule has 0 aliphatic heterocycles. The van der Waals surface area contributed by atoms with E-state index in [1.807, 2.05) is 25.3 Å². The highest BCUT2D eigenvalue weighted by Crippen LogP contribution is 2.30. The van der Waals surface area contributed by atoms with Crippen molar-refractivity contribution in [3.05, 3.63) is 23.5 Å². The van der Waals surface area contributed by atoms with Crippen molar-refractivity contribution in [3.8, 4) is 0 Å². The molecule has 1 atom stereocenters. The van der Waals surface area contributed by atoms with E-state index in [-0.39, 0.29) is 17.6 Å². The van der Waals surface area contributed by atoms with Crippen LogP contribution in [-0.2, 0) is 4.79 Å².